The van der Waals surface area contributed by atoms with Crippen LogP contribution in [0.3, 0.4) is 0 Å². The van der Waals surface area contributed by atoms with E-state index in [2.05, 4.69) is 10.1 Å². The van der Waals surface area contributed by atoms with Crippen molar-refractivity contribution in [2.45, 2.75) is 19.3 Å². The summed E-state index contributed by atoms with van der Waals surface area (Å²) in [7, 11) is 3.14. The number of carbonyl (C=O) groups is 2. The number of amides is 2. The monoisotopic (exact) mass is 445 g/mol. The molecule has 2 aromatic carbocycles. The molecular weight excluding hydrogens is 422 g/mol. The molecule has 0 unspecified atom stereocenters. The first kappa shape index (κ1) is 20.0. The molecule has 1 saturated heterocycles. The Balaban J connectivity index is 1.30. The summed E-state index contributed by atoms with van der Waals surface area (Å²) in [5, 5.41) is 4.10. The van der Waals surface area contributed by atoms with Gasteiger partial charge in [-0.05, 0) is 67.5 Å². The van der Waals surface area contributed by atoms with E-state index >= 15 is 0 Å². The third-order valence-corrected chi connectivity index (χ3v) is 7.35. The molecule has 4 atom stereocenters. The molecule has 33 heavy (non-hydrogen) atoms. The Morgan fingerprint density at radius 1 is 0.909 bits per heavy atom. The average molecular weight is 445 g/mol. The Hall–Kier alpha value is -3.68. The Kier molecular flexibility index (Phi) is 4.50. The molecule has 0 radical (unpaired) electrons. The molecule has 1 aliphatic heterocycles. The zero-order chi connectivity index (χ0) is 22.7. The summed E-state index contributed by atoms with van der Waals surface area (Å²) in [6.45, 7) is 0. The molecule has 8 heteroatoms. The minimum absolute atomic E-state index is 0.0640. The molecule has 2 saturated carbocycles. The van der Waals surface area contributed by atoms with E-state index in [-0.39, 0.29) is 23.7 Å². The maximum absolute atomic E-state index is 13.2. The van der Waals surface area contributed by atoms with Crippen LogP contribution in [-0.4, -0.2) is 36.2 Å². The van der Waals surface area contributed by atoms with Crippen molar-refractivity contribution in [2.24, 2.45) is 23.7 Å². The van der Waals surface area contributed by atoms with Crippen LogP contribution in [0, 0.1) is 23.7 Å². The van der Waals surface area contributed by atoms with Gasteiger partial charge in [0.2, 0.25) is 17.6 Å². The van der Waals surface area contributed by atoms with Crippen LogP contribution in [0.15, 0.2) is 47.0 Å². The normalized spacial score (nSPS) is 25.6. The number of methoxy groups -OCH3 is 2. The summed E-state index contributed by atoms with van der Waals surface area (Å²) in [5.41, 5.74) is 1.92. The zero-order valence-corrected chi connectivity index (χ0v) is 18.4. The summed E-state index contributed by atoms with van der Waals surface area (Å²) in [4.78, 5) is 32.2. The fraction of sp³-hybridized carbons (Fsp3) is 0.360. The van der Waals surface area contributed by atoms with Crippen molar-refractivity contribution in [3.8, 4) is 34.3 Å². The molecule has 3 aliphatic rings. The lowest BCUT2D eigenvalue weighted by Crippen LogP contribution is -2.32. The van der Waals surface area contributed by atoms with Crippen molar-refractivity contribution in [3.05, 3.63) is 42.5 Å². The van der Waals surface area contributed by atoms with Gasteiger partial charge in [-0.3, -0.25) is 14.5 Å². The highest BCUT2D eigenvalue weighted by atomic mass is 16.5. The van der Waals surface area contributed by atoms with Gasteiger partial charge in [0, 0.05) is 11.1 Å². The Morgan fingerprint density at radius 3 is 2.33 bits per heavy atom. The lowest BCUT2D eigenvalue weighted by Gasteiger charge is -2.19. The quantitative estimate of drug-likeness (QED) is 0.549. The highest BCUT2D eigenvalue weighted by Gasteiger charge is 2.61. The first-order chi connectivity index (χ1) is 16.1. The number of nitrogens with zero attached hydrogens (tertiary/aromatic N) is 3. The highest BCUT2D eigenvalue weighted by Crippen LogP contribution is 2.56. The van der Waals surface area contributed by atoms with E-state index in [9.17, 15) is 9.59 Å². The van der Waals surface area contributed by atoms with Gasteiger partial charge >= 0.3 is 0 Å². The van der Waals surface area contributed by atoms with Crippen molar-refractivity contribution in [2.75, 3.05) is 19.1 Å². The largest absolute Gasteiger partial charge is 0.493 e. The van der Waals surface area contributed by atoms with Crippen molar-refractivity contribution in [3.63, 3.8) is 0 Å². The summed E-state index contributed by atoms with van der Waals surface area (Å²) >= 11 is 0. The second-order valence-electron chi connectivity index (χ2n) is 8.94. The number of hydrogen-bond acceptors (Lipinski definition) is 7. The minimum Gasteiger partial charge on any atom is -0.493 e. The topological polar surface area (TPSA) is 94.8 Å². The SMILES string of the molecule is COc1ccc(-c2noc(-c3cccc(N4C(=O)[C@@H]5[C@H]6CC[C@@H](C6)[C@H]5C4=O)c3)n2)cc1OC. The van der Waals surface area contributed by atoms with Gasteiger partial charge in [0.05, 0.1) is 31.7 Å². The number of benzene rings is 2. The smallest absolute Gasteiger partial charge is 0.258 e. The minimum atomic E-state index is -0.153. The molecule has 2 bridgehead atoms. The van der Waals surface area contributed by atoms with Gasteiger partial charge in [-0.1, -0.05) is 11.2 Å². The lowest BCUT2D eigenvalue weighted by molar-refractivity contribution is -0.123. The van der Waals surface area contributed by atoms with Crippen molar-refractivity contribution < 1.29 is 23.6 Å². The number of hydrogen-bond donors (Lipinski definition) is 0. The number of rotatable bonds is 5. The number of fused-ring (bicyclic) bond motifs is 5. The van der Waals surface area contributed by atoms with E-state index in [1.807, 2.05) is 12.1 Å². The van der Waals surface area contributed by atoms with Gasteiger partial charge in [0.25, 0.3) is 5.89 Å². The zero-order valence-electron chi connectivity index (χ0n) is 18.4. The van der Waals surface area contributed by atoms with Crippen molar-refractivity contribution in [1.82, 2.24) is 10.1 Å². The lowest BCUT2D eigenvalue weighted by atomic mass is 9.81. The maximum atomic E-state index is 13.2. The predicted octanol–water partition coefficient (Wildman–Crippen LogP) is 3.96. The molecule has 2 amide bonds. The number of aromatic nitrogens is 2. The van der Waals surface area contributed by atoms with Crippen LogP contribution < -0.4 is 14.4 Å². The fourth-order valence-electron chi connectivity index (χ4n) is 5.87. The van der Waals surface area contributed by atoms with E-state index in [0.29, 0.717) is 51.9 Å². The van der Waals surface area contributed by atoms with E-state index < -0.39 is 0 Å². The average Bonchev–Trinajstić information content (AvgIpc) is 3.63. The third kappa shape index (κ3) is 2.97. The third-order valence-electron chi connectivity index (χ3n) is 7.35. The molecule has 2 heterocycles. The van der Waals surface area contributed by atoms with Crippen molar-refractivity contribution >= 4 is 17.5 Å². The van der Waals surface area contributed by atoms with Gasteiger partial charge in [-0.15, -0.1) is 0 Å². The van der Waals surface area contributed by atoms with Crippen LogP contribution in [0.25, 0.3) is 22.8 Å². The molecule has 3 fully saturated rings. The molecule has 0 N–H and O–H groups in total. The first-order valence-corrected chi connectivity index (χ1v) is 11.1. The molecule has 0 spiro atoms. The van der Waals surface area contributed by atoms with Crippen LogP contribution in [-0.2, 0) is 9.59 Å². The standard InChI is InChI=1S/C25H23N3O5/c1-31-18-9-8-15(12-19(18)32-2)22-26-23(33-27-22)16-4-3-5-17(11-16)28-24(29)20-13-6-7-14(10-13)21(20)25(28)30/h3-5,8-9,11-14,20-21H,6-7,10H2,1-2H3/t13-,14-,20+,21+/m0/s1. The maximum Gasteiger partial charge on any atom is 0.258 e. The highest BCUT2D eigenvalue weighted by molar-refractivity contribution is 6.22. The summed E-state index contributed by atoms with van der Waals surface area (Å²) in [6, 6.07) is 12.6. The fourth-order valence-corrected chi connectivity index (χ4v) is 5.87. The molecule has 168 valence electrons. The van der Waals surface area contributed by atoms with Gasteiger partial charge < -0.3 is 14.0 Å². The summed E-state index contributed by atoms with van der Waals surface area (Å²) in [6.07, 6.45) is 3.13. The van der Waals surface area contributed by atoms with Crippen LogP contribution in [0.2, 0.25) is 0 Å². The van der Waals surface area contributed by atoms with E-state index in [0.717, 1.165) is 19.3 Å². The Bertz CT molecular complexity index is 1240. The Morgan fingerprint density at radius 2 is 1.64 bits per heavy atom. The summed E-state index contributed by atoms with van der Waals surface area (Å²) in [5.74, 6) is 2.15. The second-order valence-corrected chi connectivity index (χ2v) is 8.94. The predicted molar refractivity (Wildman–Crippen MR) is 119 cm³/mol. The van der Waals surface area contributed by atoms with Crippen molar-refractivity contribution in [1.29, 1.82) is 0 Å². The summed E-state index contributed by atoms with van der Waals surface area (Å²) < 4.78 is 16.1. The van der Waals surface area contributed by atoms with Gasteiger partial charge in [-0.25, -0.2) is 0 Å². The second kappa shape index (κ2) is 7.43. The number of carbonyl (C=O) groups excluding carboxylic acids is 2. The molecule has 6 rings (SSSR count). The van der Waals surface area contributed by atoms with Crippen LogP contribution in [0.5, 0.6) is 11.5 Å². The molecule has 1 aromatic heterocycles. The van der Waals surface area contributed by atoms with Gasteiger partial charge in [0.15, 0.2) is 11.5 Å². The molecule has 3 aromatic rings. The van der Waals surface area contributed by atoms with Gasteiger partial charge in [0.1, 0.15) is 0 Å². The molecule has 2 aliphatic carbocycles. The van der Waals surface area contributed by atoms with E-state index in [1.54, 1.807) is 44.6 Å². The number of anilines is 1. The van der Waals surface area contributed by atoms with Gasteiger partial charge in [-0.2, -0.15) is 4.98 Å². The van der Waals surface area contributed by atoms with Crippen LogP contribution in [0.4, 0.5) is 5.69 Å². The van der Waals surface area contributed by atoms with Crippen LogP contribution in [0.1, 0.15) is 19.3 Å². The molecule has 8 nitrogen and oxygen atoms in total. The number of ether oxygens (including phenoxy) is 2. The molecular formula is C25H23N3O5. The Labute approximate surface area is 190 Å². The van der Waals surface area contributed by atoms with Crippen LogP contribution >= 0.6 is 0 Å². The first-order valence-electron chi connectivity index (χ1n) is 11.1. The van der Waals surface area contributed by atoms with E-state index in [4.69, 9.17) is 14.0 Å². The number of imide groups is 1. The van der Waals surface area contributed by atoms with E-state index in [1.165, 1.54) is 4.90 Å².